The second-order valence-electron chi connectivity index (χ2n) is 4.22. The number of amides is 2. The van der Waals surface area contributed by atoms with Crippen LogP contribution in [0.4, 0.5) is 4.79 Å². The van der Waals surface area contributed by atoms with Crippen molar-refractivity contribution >= 4 is 6.03 Å². The lowest BCUT2D eigenvalue weighted by atomic mass is 10.1. The average Bonchev–Trinajstić information content (AvgIpc) is 2.46. The van der Waals surface area contributed by atoms with Gasteiger partial charge in [0.1, 0.15) is 11.5 Å². The van der Waals surface area contributed by atoms with Gasteiger partial charge in [0.15, 0.2) is 0 Å². The molecule has 2 N–H and O–H groups in total. The molecule has 0 aromatic heterocycles. The van der Waals surface area contributed by atoms with Crippen molar-refractivity contribution in [2.24, 2.45) is 0 Å². The third kappa shape index (κ3) is 4.62. The van der Waals surface area contributed by atoms with Crippen LogP contribution in [0.5, 0.6) is 11.5 Å². The van der Waals surface area contributed by atoms with E-state index in [4.69, 9.17) is 14.2 Å². The Labute approximate surface area is 119 Å². The maximum absolute atomic E-state index is 11.7. The van der Waals surface area contributed by atoms with E-state index in [1.54, 1.807) is 27.4 Å². The molecule has 0 bridgehead atoms. The number of rotatable bonds is 7. The number of nitrogens with one attached hydrogen (secondary N) is 2. The van der Waals surface area contributed by atoms with Crippen LogP contribution in [0.2, 0.25) is 0 Å². The van der Waals surface area contributed by atoms with Crippen LogP contribution in [0, 0.1) is 0 Å². The standard InChI is InChI=1S/C14H22N2O4/c1-10(16-14(17)15-7-8-18-2)12-6-5-11(19-3)9-13(12)20-4/h5-6,9-10H,7-8H2,1-4H3,(H2,15,16,17). The zero-order valence-corrected chi connectivity index (χ0v) is 12.4. The Kier molecular flexibility index (Phi) is 6.66. The molecule has 1 aromatic rings. The van der Waals surface area contributed by atoms with Gasteiger partial charge in [0.2, 0.25) is 0 Å². The molecule has 6 heteroatoms. The fourth-order valence-electron chi connectivity index (χ4n) is 1.77. The van der Waals surface area contributed by atoms with Crippen molar-refractivity contribution in [3.05, 3.63) is 23.8 Å². The van der Waals surface area contributed by atoms with Crippen molar-refractivity contribution in [1.29, 1.82) is 0 Å². The molecule has 112 valence electrons. The zero-order chi connectivity index (χ0) is 15.0. The SMILES string of the molecule is COCCNC(=O)NC(C)c1ccc(OC)cc1OC. The summed E-state index contributed by atoms with van der Waals surface area (Å²) < 4.78 is 15.3. The zero-order valence-electron chi connectivity index (χ0n) is 12.4. The van der Waals surface area contributed by atoms with Crippen LogP contribution >= 0.6 is 0 Å². The number of hydrogen-bond acceptors (Lipinski definition) is 4. The van der Waals surface area contributed by atoms with E-state index in [-0.39, 0.29) is 12.1 Å². The largest absolute Gasteiger partial charge is 0.497 e. The molecule has 2 amide bonds. The van der Waals surface area contributed by atoms with Crippen LogP contribution in [0.15, 0.2) is 18.2 Å². The lowest BCUT2D eigenvalue weighted by Crippen LogP contribution is -2.38. The van der Waals surface area contributed by atoms with Gasteiger partial charge >= 0.3 is 6.03 Å². The second kappa shape index (κ2) is 8.27. The fourth-order valence-corrected chi connectivity index (χ4v) is 1.77. The minimum absolute atomic E-state index is 0.182. The van der Waals surface area contributed by atoms with Crippen LogP contribution in [-0.4, -0.2) is 40.5 Å². The van der Waals surface area contributed by atoms with E-state index < -0.39 is 0 Å². The Morgan fingerprint density at radius 1 is 1.25 bits per heavy atom. The number of carbonyl (C=O) groups is 1. The summed E-state index contributed by atoms with van der Waals surface area (Å²) >= 11 is 0. The number of hydrogen-bond donors (Lipinski definition) is 2. The quantitative estimate of drug-likeness (QED) is 0.747. The van der Waals surface area contributed by atoms with Gasteiger partial charge in [0, 0.05) is 25.3 Å². The molecule has 1 rings (SSSR count). The molecule has 0 aliphatic heterocycles. The summed E-state index contributed by atoms with van der Waals surface area (Å²) in [7, 11) is 4.77. The summed E-state index contributed by atoms with van der Waals surface area (Å²) in [5.41, 5.74) is 0.884. The average molecular weight is 282 g/mol. The van der Waals surface area contributed by atoms with Gasteiger partial charge in [-0.05, 0) is 19.1 Å². The first-order chi connectivity index (χ1) is 9.62. The molecule has 1 aromatic carbocycles. The Bertz CT molecular complexity index is 437. The Balaban J connectivity index is 2.66. The molecular weight excluding hydrogens is 260 g/mol. The maximum atomic E-state index is 11.7. The lowest BCUT2D eigenvalue weighted by molar-refractivity contribution is 0.195. The second-order valence-corrected chi connectivity index (χ2v) is 4.22. The minimum atomic E-state index is -0.243. The predicted molar refractivity (Wildman–Crippen MR) is 76.4 cm³/mol. The highest BCUT2D eigenvalue weighted by molar-refractivity contribution is 5.74. The van der Waals surface area contributed by atoms with E-state index in [9.17, 15) is 4.79 Å². The van der Waals surface area contributed by atoms with E-state index in [1.165, 1.54) is 0 Å². The summed E-state index contributed by atoms with van der Waals surface area (Å²) in [5.74, 6) is 1.39. The van der Waals surface area contributed by atoms with Crippen molar-refractivity contribution < 1.29 is 19.0 Å². The highest BCUT2D eigenvalue weighted by atomic mass is 16.5. The van der Waals surface area contributed by atoms with Crippen molar-refractivity contribution in [2.45, 2.75) is 13.0 Å². The smallest absolute Gasteiger partial charge is 0.315 e. The van der Waals surface area contributed by atoms with Gasteiger partial charge in [-0.3, -0.25) is 0 Å². The molecule has 1 atom stereocenters. The predicted octanol–water partition coefficient (Wildman–Crippen LogP) is 1.71. The summed E-state index contributed by atoms with van der Waals surface area (Å²) in [6.45, 7) is 2.84. The van der Waals surface area contributed by atoms with Gasteiger partial charge in [-0.15, -0.1) is 0 Å². The Morgan fingerprint density at radius 3 is 2.60 bits per heavy atom. The summed E-state index contributed by atoms with van der Waals surface area (Å²) in [4.78, 5) is 11.7. The highest BCUT2D eigenvalue weighted by Crippen LogP contribution is 2.29. The minimum Gasteiger partial charge on any atom is -0.497 e. The number of methoxy groups -OCH3 is 3. The summed E-state index contributed by atoms with van der Waals surface area (Å²) in [6.07, 6.45) is 0. The first-order valence-electron chi connectivity index (χ1n) is 6.37. The maximum Gasteiger partial charge on any atom is 0.315 e. The molecule has 0 radical (unpaired) electrons. The van der Waals surface area contributed by atoms with E-state index in [0.717, 1.165) is 5.56 Å². The molecule has 0 heterocycles. The Hall–Kier alpha value is -1.95. The molecule has 20 heavy (non-hydrogen) atoms. The molecular formula is C14H22N2O4. The lowest BCUT2D eigenvalue weighted by Gasteiger charge is -2.18. The van der Waals surface area contributed by atoms with E-state index in [2.05, 4.69) is 10.6 Å². The summed E-state index contributed by atoms with van der Waals surface area (Å²) in [6, 6.07) is 5.07. The summed E-state index contributed by atoms with van der Waals surface area (Å²) in [5, 5.41) is 5.54. The molecule has 1 unspecified atom stereocenters. The van der Waals surface area contributed by atoms with Gasteiger partial charge < -0.3 is 24.8 Å². The van der Waals surface area contributed by atoms with Gasteiger partial charge in [-0.2, -0.15) is 0 Å². The van der Waals surface area contributed by atoms with Gasteiger partial charge in [0.25, 0.3) is 0 Å². The van der Waals surface area contributed by atoms with Gasteiger partial charge in [0.05, 0.1) is 26.9 Å². The molecule has 0 saturated heterocycles. The van der Waals surface area contributed by atoms with Crippen molar-refractivity contribution in [3.63, 3.8) is 0 Å². The third-order valence-corrected chi connectivity index (χ3v) is 2.85. The van der Waals surface area contributed by atoms with E-state index in [1.807, 2.05) is 19.1 Å². The Morgan fingerprint density at radius 2 is 2.00 bits per heavy atom. The molecule has 0 fully saturated rings. The molecule has 0 aliphatic carbocycles. The van der Waals surface area contributed by atoms with Crippen LogP contribution in [0.25, 0.3) is 0 Å². The van der Waals surface area contributed by atoms with Crippen molar-refractivity contribution in [3.8, 4) is 11.5 Å². The number of urea groups is 1. The normalized spacial score (nSPS) is 11.6. The van der Waals surface area contributed by atoms with Crippen LogP contribution < -0.4 is 20.1 Å². The highest BCUT2D eigenvalue weighted by Gasteiger charge is 2.14. The van der Waals surface area contributed by atoms with Crippen molar-refractivity contribution in [1.82, 2.24) is 10.6 Å². The molecule has 6 nitrogen and oxygen atoms in total. The topological polar surface area (TPSA) is 68.8 Å². The monoisotopic (exact) mass is 282 g/mol. The van der Waals surface area contributed by atoms with E-state index in [0.29, 0.717) is 24.7 Å². The van der Waals surface area contributed by atoms with Gasteiger partial charge in [-0.1, -0.05) is 0 Å². The fraction of sp³-hybridized carbons (Fsp3) is 0.500. The first kappa shape index (κ1) is 16.1. The number of carbonyl (C=O) groups excluding carboxylic acids is 1. The third-order valence-electron chi connectivity index (χ3n) is 2.85. The number of benzene rings is 1. The molecule has 0 spiro atoms. The van der Waals surface area contributed by atoms with E-state index >= 15 is 0 Å². The number of ether oxygens (including phenoxy) is 3. The van der Waals surface area contributed by atoms with Crippen LogP contribution in [0.3, 0.4) is 0 Å². The van der Waals surface area contributed by atoms with Crippen LogP contribution in [-0.2, 0) is 4.74 Å². The van der Waals surface area contributed by atoms with Crippen molar-refractivity contribution in [2.75, 3.05) is 34.5 Å². The van der Waals surface area contributed by atoms with Crippen LogP contribution in [0.1, 0.15) is 18.5 Å². The first-order valence-corrected chi connectivity index (χ1v) is 6.37. The van der Waals surface area contributed by atoms with Gasteiger partial charge in [-0.25, -0.2) is 4.79 Å². The molecule has 0 saturated carbocycles. The molecule has 0 aliphatic rings.